The minimum absolute atomic E-state index is 0.109. The molecule has 4 nitrogen and oxygen atoms in total. The second kappa shape index (κ2) is 6.53. The van der Waals surface area contributed by atoms with Crippen LogP contribution in [0, 0.1) is 0 Å². The van der Waals surface area contributed by atoms with Crippen molar-refractivity contribution in [2.45, 2.75) is 39.3 Å². The Labute approximate surface area is 101 Å². The topological polar surface area (TPSA) is 47.0 Å². The van der Waals surface area contributed by atoms with Gasteiger partial charge in [-0.3, -0.25) is 0 Å². The summed E-state index contributed by atoms with van der Waals surface area (Å²) >= 11 is 5.80. The average molecular weight is 244 g/mol. The second-order valence-corrected chi connectivity index (χ2v) is 4.12. The first-order valence-corrected chi connectivity index (χ1v) is 6.00. The van der Waals surface area contributed by atoms with Gasteiger partial charge in [0, 0.05) is 18.0 Å². The van der Waals surface area contributed by atoms with Crippen LogP contribution in [-0.4, -0.2) is 28.0 Å². The van der Waals surface area contributed by atoms with E-state index in [0.717, 1.165) is 12.2 Å². The number of rotatable bonds is 6. The Bertz CT molecular complexity index is 316. The zero-order valence-corrected chi connectivity index (χ0v) is 10.7. The van der Waals surface area contributed by atoms with Gasteiger partial charge in [-0.15, -0.1) is 11.6 Å². The van der Waals surface area contributed by atoms with Crippen molar-refractivity contribution in [1.29, 1.82) is 0 Å². The van der Waals surface area contributed by atoms with Crippen LogP contribution in [0.1, 0.15) is 27.2 Å². The van der Waals surface area contributed by atoms with Gasteiger partial charge in [-0.25, -0.2) is 9.97 Å². The van der Waals surface area contributed by atoms with Crippen LogP contribution in [0.2, 0.25) is 0 Å². The number of nitrogens with one attached hydrogen (secondary N) is 1. The van der Waals surface area contributed by atoms with E-state index in [2.05, 4.69) is 22.2 Å². The lowest BCUT2D eigenvalue weighted by Gasteiger charge is -2.15. The standard InChI is InChI=1S/C11H18ClN3O/c1-4-9(6-12)15-10-5-11(14-7-13-10)16-8(2)3/h5,7-9H,4,6H2,1-3H3,(H,13,14,15). The van der Waals surface area contributed by atoms with Crippen molar-refractivity contribution >= 4 is 17.4 Å². The highest BCUT2D eigenvalue weighted by atomic mass is 35.5. The van der Waals surface area contributed by atoms with Crippen LogP contribution in [0.15, 0.2) is 12.4 Å². The Morgan fingerprint density at radius 2 is 2.19 bits per heavy atom. The van der Waals surface area contributed by atoms with E-state index in [1.807, 2.05) is 13.8 Å². The lowest BCUT2D eigenvalue weighted by Crippen LogP contribution is -2.21. The monoisotopic (exact) mass is 243 g/mol. The summed E-state index contributed by atoms with van der Waals surface area (Å²) < 4.78 is 5.48. The molecule has 0 aliphatic rings. The molecule has 0 aromatic carbocycles. The van der Waals surface area contributed by atoms with E-state index in [1.54, 1.807) is 6.07 Å². The molecule has 1 heterocycles. The summed E-state index contributed by atoms with van der Waals surface area (Å²) in [6.45, 7) is 6.00. The number of aromatic nitrogens is 2. The third kappa shape index (κ3) is 4.23. The lowest BCUT2D eigenvalue weighted by atomic mass is 10.2. The largest absolute Gasteiger partial charge is 0.475 e. The Kier molecular flexibility index (Phi) is 5.32. The summed E-state index contributed by atoms with van der Waals surface area (Å²) in [6, 6.07) is 2.01. The number of alkyl halides is 1. The molecule has 5 heteroatoms. The van der Waals surface area contributed by atoms with Crippen LogP contribution >= 0.6 is 11.6 Å². The molecule has 1 N–H and O–H groups in total. The molecule has 0 fully saturated rings. The molecule has 1 atom stereocenters. The maximum absolute atomic E-state index is 5.80. The van der Waals surface area contributed by atoms with Gasteiger partial charge >= 0.3 is 0 Å². The van der Waals surface area contributed by atoms with Crippen molar-refractivity contribution in [2.75, 3.05) is 11.2 Å². The van der Waals surface area contributed by atoms with Gasteiger partial charge in [0.15, 0.2) is 0 Å². The molecule has 0 aliphatic heterocycles. The maximum Gasteiger partial charge on any atom is 0.218 e. The van der Waals surface area contributed by atoms with Crippen molar-refractivity contribution in [3.05, 3.63) is 12.4 Å². The Morgan fingerprint density at radius 1 is 1.44 bits per heavy atom. The molecule has 0 bridgehead atoms. The fourth-order valence-electron chi connectivity index (χ4n) is 1.18. The second-order valence-electron chi connectivity index (χ2n) is 3.81. The average Bonchev–Trinajstić information content (AvgIpc) is 2.25. The van der Waals surface area contributed by atoms with E-state index in [9.17, 15) is 0 Å². The molecular formula is C11H18ClN3O. The summed E-state index contributed by atoms with van der Waals surface area (Å²) in [4.78, 5) is 8.15. The highest BCUT2D eigenvalue weighted by Crippen LogP contribution is 2.14. The number of nitrogens with zero attached hydrogens (tertiary/aromatic N) is 2. The lowest BCUT2D eigenvalue weighted by molar-refractivity contribution is 0.232. The van der Waals surface area contributed by atoms with Crippen LogP contribution in [-0.2, 0) is 0 Å². The van der Waals surface area contributed by atoms with Gasteiger partial charge < -0.3 is 10.1 Å². The summed E-state index contributed by atoms with van der Waals surface area (Å²) in [7, 11) is 0. The molecule has 0 radical (unpaired) electrons. The number of halogens is 1. The molecule has 0 spiro atoms. The zero-order valence-electron chi connectivity index (χ0n) is 9.90. The summed E-state index contributed by atoms with van der Waals surface area (Å²) in [5, 5.41) is 3.23. The third-order valence-corrected chi connectivity index (χ3v) is 2.40. The summed E-state index contributed by atoms with van der Waals surface area (Å²) in [5.41, 5.74) is 0. The predicted molar refractivity (Wildman–Crippen MR) is 66.2 cm³/mol. The SMILES string of the molecule is CCC(CCl)Nc1cc(OC(C)C)ncn1. The van der Waals surface area contributed by atoms with Crippen LogP contribution in [0.4, 0.5) is 5.82 Å². The minimum atomic E-state index is 0.109. The van der Waals surface area contributed by atoms with Crippen molar-refractivity contribution in [1.82, 2.24) is 9.97 Å². The van der Waals surface area contributed by atoms with E-state index in [1.165, 1.54) is 6.33 Å². The van der Waals surface area contributed by atoms with Gasteiger partial charge in [0.05, 0.1) is 6.10 Å². The Balaban J connectivity index is 2.66. The third-order valence-electron chi connectivity index (χ3n) is 2.03. The van der Waals surface area contributed by atoms with Crippen LogP contribution in [0.5, 0.6) is 5.88 Å². The Morgan fingerprint density at radius 3 is 2.75 bits per heavy atom. The first kappa shape index (κ1) is 13.0. The van der Waals surface area contributed by atoms with Gasteiger partial charge in [-0.1, -0.05) is 6.92 Å². The molecule has 1 aromatic rings. The molecule has 0 amide bonds. The number of hydrogen-bond donors (Lipinski definition) is 1. The van der Waals surface area contributed by atoms with Crippen LogP contribution < -0.4 is 10.1 Å². The normalized spacial score (nSPS) is 12.6. The highest BCUT2D eigenvalue weighted by molar-refractivity contribution is 6.18. The van der Waals surface area contributed by atoms with Gasteiger partial charge in [0.1, 0.15) is 12.1 Å². The molecule has 1 rings (SSSR count). The predicted octanol–water partition coefficient (Wildman–Crippen LogP) is 2.69. The van der Waals surface area contributed by atoms with E-state index in [-0.39, 0.29) is 12.1 Å². The molecule has 90 valence electrons. The summed E-state index contributed by atoms with van der Waals surface area (Å²) in [5.74, 6) is 1.89. The molecule has 0 saturated heterocycles. The number of hydrogen-bond acceptors (Lipinski definition) is 4. The molecule has 1 aromatic heterocycles. The Hall–Kier alpha value is -1.03. The van der Waals surface area contributed by atoms with Crippen molar-refractivity contribution in [3.63, 3.8) is 0 Å². The maximum atomic E-state index is 5.80. The quantitative estimate of drug-likeness (QED) is 0.781. The smallest absolute Gasteiger partial charge is 0.218 e. The summed E-state index contributed by atoms with van der Waals surface area (Å²) in [6.07, 6.45) is 2.55. The van der Waals surface area contributed by atoms with E-state index in [0.29, 0.717) is 11.8 Å². The van der Waals surface area contributed by atoms with E-state index in [4.69, 9.17) is 16.3 Å². The highest BCUT2D eigenvalue weighted by Gasteiger charge is 2.07. The van der Waals surface area contributed by atoms with Gasteiger partial charge in [0.2, 0.25) is 5.88 Å². The molecule has 1 unspecified atom stereocenters. The van der Waals surface area contributed by atoms with E-state index >= 15 is 0 Å². The van der Waals surface area contributed by atoms with Crippen molar-refractivity contribution in [3.8, 4) is 5.88 Å². The molecule has 0 saturated carbocycles. The van der Waals surface area contributed by atoms with Crippen molar-refractivity contribution in [2.24, 2.45) is 0 Å². The first-order valence-electron chi connectivity index (χ1n) is 5.47. The molecule has 0 aliphatic carbocycles. The number of anilines is 1. The van der Waals surface area contributed by atoms with Crippen LogP contribution in [0.3, 0.4) is 0 Å². The van der Waals surface area contributed by atoms with E-state index < -0.39 is 0 Å². The zero-order chi connectivity index (χ0) is 12.0. The fraction of sp³-hybridized carbons (Fsp3) is 0.636. The molecule has 16 heavy (non-hydrogen) atoms. The van der Waals surface area contributed by atoms with Crippen LogP contribution in [0.25, 0.3) is 0 Å². The fourth-order valence-corrected chi connectivity index (χ4v) is 1.48. The van der Waals surface area contributed by atoms with Gasteiger partial charge in [-0.05, 0) is 20.3 Å². The van der Waals surface area contributed by atoms with Gasteiger partial charge in [0.25, 0.3) is 0 Å². The first-order chi connectivity index (χ1) is 7.65. The minimum Gasteiger partial charge on any atom is -0.475 e. The molecular weight excluding hydrogens is 226 g/mol. The number of ether oxygens (including phenoxy) is 1. The van der Waals surface area contributed by atoms with Gasteiger partial charge in [-0.2, -0.15) is 0 Å². The van der Waals surface area contributed by atoms with Crippen molar-refractivity contribution < 1.29 is 4.74 Å².